The first-order valence-electron chi connectivity index (χ1n) is 18.8. The third kappa shape index (κ3) is 4.45. The molecular formula is C53H35N. The van der Waals surface area contributed by atoms with Crippen molar-refractivity contribution in [2.45, 2.75) is 5.41 Å². The van der Waals surface area contributed by atoms with E-state index in [1.807, 2.05) is 0 Å². The molecular weight excluding hydrogens is 651 g/mol. The molecule has 54 heavy (non-hydrogen) atoms. The van der Waals surface area contributed by atoms with Crippen molar-refractivity contribution in [2.75, 3.05) is 4.90 Å². The van der Waals surface area contributed by atoms with Gasteiger partial charge in [-0.1, -0.05) is 170 Å². The summed E-state index contributed by atoms with van der Waals surface area (Å²) in [5, 5.41) is 2.49. The van der Waals surface area contributed by atoms with E-state index in [0.717, 1.165) is 11.4 Å². The fraction of sp³-hybridized carbons (Fsp3) is 0.0189. The van der Waals surface area contributed by atoms with Crippen molar-refractivity contribution in [3.8, 4) is 44.5 Å². The van der Waals surface area contributed by atoms with Crippen LogP contribution in [0.25, 0.3) is 55.3 Å². The third-order valence-electron chi connectivity index (χ3n) is 11.7. The van der Waals surface area contributed by atoms with Crippen molar-refractivity contribution < 1.29 is 0 Å². The summed E-state index contributed by atoms with van der Waals surface area (Å²) in [6, 6.07) is 78.1. The minimum atomic E-state index is -0.391. The topological polar surface area (TPSA) is 3.24 Å². The van der Waals surface area contributed by atoms with E-state index in [1.165, 1.54) is 83.2 Å². The maximum atomic E-state index is 2.44. The van der Waals surface area contributed by atoms with E-state index in [-0.39, 0.29) is 0 Å². The third-order valence-corrected chi connectivity index (χ3v) is 11.7. The van der Waals surface area contributed by atoms with Gasteiger partial charge < -0.3 is 4.90 Å². The Labute approximate surface area is 316 Å². The number of hydrogen-bond acceptors (Lipinski definition) is 1. The molecule has 1 heteroatoms. The molecule has 0 radical (unpaired) electrons. The maximum absolute atomic E-state index is 2.44. The average molecular weight is 686 g/mol. The van der Waals surface area contributed by atoms with Gasteiger partial charge in [0.2, 0.25) is 0 Å². The monoisotopic (exact) mass is 685 g/mol. The maximum Gasteiger partial charge on any atom is 0.0726 e. The minimum absolute atomic E-state index is 0.391. The number of benzene rings is 9. The molecule has 9 aromatic carbocycles. The zero-order valence-electron chi connectivity index (χ0n) is 29.7. The number of anilines is 3. The van der Waals surface area contributed by atoms with Crippen LogP contribution < -0.4 is 4.90 Å². The van der Waals surface area contributed by atoms with Gasteiger partial charge in [-0.25, -0.2) is 0 Å². The van der Waals surface area contributed by atoms with Gasteiger partial charge in [0.1, 0.15) is 0 Å². The number of fused-ring (bicyclic) bond motifs is 11. The molecule has 0 heterocycles. The van der Waals surface area contributed by atoms with E-state index in [1.54, 1.807) is 0 Å². The molecule has 0 fully saturated rings. The Bertz CT molecular complexity index is 2820. The normalized spacial score (nSPS) is 13.0. The predicted molar refractivity (Wildman–Crippen MR) is 226 cm³/mol. The molecule has 0 atom stereocenters. The molecule has 1 nitrogen and oxygen atoms in total. The smallest absolute Gasteiger partial charge is 0.0726 e. The Morgan fingerprint density at radius 3 is 1.39 bits per heavy atom. The Hall–Kier alpha value is -6.96. The number of rotatable bonds is 5. The van der Waals surface area contributed by atoms with E-state index in [4.69, 9.17) is 0 Å². The molecule has 1 spiro atoms. The molecule has 2 aliphatic rings. The Morgan fingerprint density at radius 1 is 0.296 bits per heavy atom. The van der Waals surface area contributed by atoms with E-state index >= 15 is 0 Å². The van der Waals surface area contributed by atoms with Crippen LogP contribution >= 0.6 is 0 Å². The lowest BCUT2D eigenvalue weighted by Crippen LogP contribution is -2.26. The molecule has 9 aromatic rings. The zero-order chi connectivity index (χ0) is 35.6. The van der Waals surface area contributed by atoms with Crippen molar-refractivity contribution in [2.24, 2.45) is 0 Å². The molecule has 2 aliphatic carbocycles. The number of hydrogen-bond donors (Lipinski definition) is 0. The Morgan fingerprint density at radius 2 is 0.759 bits per heavy atom. The number of para-hydroxylation sites is 1. The largest absolute Gasteiger partial charge is 0.310 e. The molecule has 252 valence electrons. The first-order chi connectivity index (χ1) is 26.8. The van der Waals surface area contributed by atoms with Crippen LogP contribution in [0.4, 0.5) is 17.1 Å². The van der Waals surface area contributed by atoms with Crippen LogP contribution in [-0.4, -0.2) is 0 Å². The van der Waals surface area contributed by atoms with E-state index in [9.17, 15) is 0 Å². The Balaban J connectivity index is 1.07. The van der Waals surface area contributed by atoms with Crippen LogP contribution in [0.3, 0.4) is 0 Å². The molecule has 11 rings (SSSR count). The summed E-state index contributed by atoms with van der Waals surface area (Å²) in [7, 11) is 0. The van der Waals surface area contributed by atoms with E-state index in [0.29, 0.717) is 0 Å². The minimum Gasteiger partial charge on any atom is -0.310 e. The van der Waals surface area contributed by atoms with Gasteiger partial charge in [-0.3, -0.25) is 0 Å². The lowest BCUT2D eigenvalue weighted by Gasteiger charge is -2.31. The average Bonchev–Trinajstić information content (AvgIpc) is 3.72. The van der Waals surface area contributed by atoms with Gasteiger partial charge in [0.15, 0.2) is 0 Å². The van der Waals surface area contributed by atoms with Gasteiger partial charge in [-0.2, -0.15) is 0 Å². The van der Waals surface area contributed by atoms with Crippen molar-refractivity contribution in [3.05, 3.63) is 235 Å². The standard InChI is InChI=1S/C53H35N/c1-3-14-36(15-4-1)39-28-26-38-27-29-40(35-41(38)34-39)37-30-32-43(33-31-37)54(42-16-5-2-6-17-42)51-25-13-24-50-52(51)46-20-9-12-23-49(46)53(50)47-21-10-7-18-44(47)45-19-8-11-22-48(45)53/h1-35H. The van der Waals surface area contributed by atoms with Crippen molar-refractivity contribution in [1.82, 2.24) is 0 Å². The SMILES string of the molecule is c1ccc(-c2ccc3ccc(-c4ccc(N(c5ccccc5)c5cccc6c5-c5ccccc5C65c6ccccc6-c6ccccc65)cc4)cc3c2)cc1. The predicted octanol–water partition coefficient (Wildman–Crippen LogP) is 14.0. The molecule has 0 saturated carbocycles. The van der Waals surface area contributed by atoms with Crippen LogP contribution in [0, 0.1) is 0 Å². The van der Waals surface area contributed by atoms with Crippen LogP contribution in [0.15, 0.2) is 212 Å². The number of nitrogens with zero attached hydrogens (tertiary/aromatic N) is 1. The summed E-state index contributed by atoms with van der Waals surface area (Å²) < 4.78 is 0. The highest BCUT2D eigenvalue weighted by Crippen LogP contribution is 2.64. The first kappa shape index (κ1) is 30.6. The van der Waals surface area contributed by atoms with Gasteiger partial charge >= 0.3 is 0 Å². The van der Waals surface area contributed by atoms with Gasteiger partial charge in [-0.05, 0) is 114 Å². The molecule has 0 N–H and O–H groups in total. The van der Waals surface area contributed by atoms with E-state index in [2.05, 4.69) is 217 Å². The van der Waals surface area contributed by atoms with Gasteiger partial charge in [0.25, 0.3) is 0 Å². The zero-order valence-corrected chi connectivity index (χ0v) is 29.7. The first-order valence-corrected chi connectivity index (χ1v) is 18.8. The highest BCUT2D eigenvalue weighted by atomic mass is 15.1. The second kappa shape index (κ2) is 12.0. The highest BCUT2D eigenvalue weighted by Gasteiger charge is 2.52. The second-order valence-corrected chi connectivity index (χ2v) is 14.4. The summed E-state index contributed by atoms with van der Waals surface area (Å²) in [5.74, 6) is 0. The van der Waals surface area contributed by atoms with Gasteiger partial charge in [0, 0.05) is 16.9 Å². The fourth-order valence-electron chi connectivity index (χ4n) is 9.35. The van der Waals surface area contributed by atoms with E-state index < -0.39 is 5.41 Å². The van der Waals surface area contributed by atoms with Crippen molar-refractivity contribution in [1.29, 1.82) is 0 Å². The lowest BCUT2D eigenvalue weighted by atomic mass is 9.70. The fourth-order valence-corrected chi connectivity index (χ4v) is 9.35. The summed E-state index contributed by atoms with van der Waals surface area (Å²) in [6.07, 6.45) is 0. The van der Waals surface area contributed by atoms with Crippen LogP contribution in [0.2, 0.25) is 0 Å². The molecule has 0 amide bonds. The van der Waals surface area contributed by atoms with Gasteiger partial charge in [-0.15, -0.1) is 0 Å². The second-order valence-electron chi connectivity index (χ2n) is 14.4. The van der Waals surface area contributed by atoms with Crippen molar-refractivity contribution >= 4 is 27.8 Å². The Kier molecular flexibility index (Phi) is 6.84. The van der Waals surface area contributed by atoms with Crippen LogP contribution in [0.5, 0.6) is 0 Å². The van der Waals surface area contributed by atoms with Crippen LogP contribution in [-0.2, 0) is 5.41 Å². The van der Waals surface area contributed by atoms with Gasteiger partial charge in [0.05, 0.1) is 11.1 Å². The molecule has 0 saturated heterocycles. The molecule has 0 bridgehead atoms. The summed E-state index contributed by atoms with van der Waals surface area (Å²) in [6.45, 7) is 0. The summed E-state index contributed by atoms with van der Waals surface area (Å²) in [4.78, 5) is 2.44. The highest BCUT2D eigenvalue weighted by molar-refractivity contribution is 6.01. The quantitative estimate of drug-likeness (QED) is 0.174. The molecule has 0 aliphatic heterocycles. The molecule has 0 aromatic heterocycles. The van der Waals surface area contributed by atoms with Crippen molar-refractivity contribution in [3.63, 3.8) is 0 Å². The van der Waals surface area contributed by atoms with Crippen LogP contribution in [0.1, 0.15) is 22.3 Å². The molecule has 0 unspecified atom stereocenters. The summed E-state index contributed by atoms with van der Waals surface area (Å²) >= 11 is 0. The summed E-state index contributed by atoms with van der Waals surface area (Å²) in [5.41, 5.74) is 18.5. The lowest BCUT2D eigenvalue weighted by molar-refractivity contribution is 0.794.